The second kappa shape index (κ2) is 4.76. The Morgan fingerprint density at radius 2 is 2.00 bits per heavy atom. The maximum absolute atomic E-state index is 8.99. The smallest absolute Gasteiger partial charge is 0.101 e. The zero-order valence-corrected chi connectivity index (χ0v) is 10.9. The molecule has 86 valence electrons. The van der Waals surface area contributed by atoms with Crippen LogP contribution < -0.4 is 5.32 Å². The summed E-state index contributed by atoms with van der Waals surface area (Å²) in [7, 11) is 0. The third-order valence-electron chi connectivity index (χ3n) is 2.77. The Labute approximate surface area is 102 Å². The van der Waals surface area contributed by atoms with E-state index in [1.165, 1.54) is 0 Å². The van der Waals surface area contributed by atoms with Gasteiger partial charge in [0.15, 0.2) is 0 Å². The molecule has 0 fully saturated rings. The van der Waals surface area contributed by atoms with E-state index in [2.05, 4.69) is 39.1 Å². The summed E-state index contributed by atoms with van der Waals surface area (Å²) < 4.78 is 0. The summed E-state index contributed by atoms with van der Waals surface area (Å²) in [5.74, 6) is 0. The molecular formula is C13H17ClN2. The fourth-order valence-electron chi connectivity index (χ4n) is 1.18. The zero-order chi connectivity index (χ0) is 12.3. The molecule has 0 aliphatic rings. The summed E-state index contributed by atoms with van der Waals surface area (Å²) in [6.07, 6.45) is 0. The van der Waals surface area contributed by atoms with Crippen LogP contribution in [0.25, 0.3) is 0 Å². The number of halogens is 1. The lowest BCUT2D eigenvalue weighted by atomic mass is 9.88. The van der Waals surface area contributed by atoms with Crippen LogP contribution in [0.3, 0.4) is 0 Å². The Morgan fingerprint density at radius 3 is 2.50 bits per heavy atom. The van der Waals surface area contributed by atoms with Gasteiger partial charge in [0.25, 0.3) is 0 Å². The summed E-state index contributed by atoms with van der Waals surface area (Å²) in [6, 6.07) is 7.68. The fraction of sp³-hybridized carbons (Fsp3) is 0.462. The summed E-state index contributed by atoms with van der Waals surface area (Å²) in [4.78, 5) is 0. The van der Waals surface area contributed by atoms with Gasteiger partial charge in [-0.2, -0.15) is 5.26 Å². The number of hydrogen-bond donors (Lipinski definition) is 1. The number of hydrogen-bond acceptors (Lipinski definition) is 2. The van der Waals surface area contributed by atoms with Crippen molar-refractivity contribution in [3.63, 3.8) is 0 Å². The Hall–Kier alpha value is -1.20. The summed E-state index contributed by atoms with van der Waals surface area (Å²) in [6.45, 7) is 8.56. The second-order valence-electron chi connectivity index (χ2n) is 5.03. The molecule has 0 heterocycles. The molecule has 0 aliphatic heterocycles. The highest BCUT2D eigenvalue weighted by atomic mass is 35.5. The lowest BCUT2D eigenvalue weighted by molar-refractivity contribution is 0.359. The quantitative estimate of drug-likeness (QED) is 0.841. The van der Waals surface area contributed by atoms with Crippen molar-refractivity contribution in [2.24, 2.45) is 5.41 Å². The van der Waals surface area contributed by atoms with Gasteiger partial charge in [-0.1, -0.05) is 32.4 Å². The average Bonchev–Trinajstić information content (AvgIpc) is 2.16. The van der Waals surface area contributed by atoms with Crippen LogP contribution in [0.1, 0.15) is 33.3 Å². The first-order valence-corrected chi connectivity index (χ1v) is 5.68. The molecule has 0 saturated heterocycles. The third kappa shape index (κ3) is 3.15. The molecule has 16 heavy (non-hydrogen) atoms. The van der Waals surface area contributed by atoms with Gasteiger partial charge in [0.1, 0.15) is 6.07 Å². The molecule has 0 spiro atoms. The molecule has 2 nitrogen and oxygen atoms in total. The number of nitrogens with one attached hydrogen (secondary N) is 1. The van der Waals surface area contributed by atoms with Crippen molar-refractivity contribution in [3.8, 4) is 6.07 Å². The van der Waals surface area contributed by atoms with E-state index in [0.29, 0.717) is 10.6 Å². The van der Waals surface area contributed by atoms with Crippen molar-refractivity contribution in [1.29, 1.82) is 5.26 Å². The standard InChI is InChI=1S/C13H17ClN2/c1-9(13(2,3)4)16-12-7-11(14)6-5-10(12)8-15/h5-7,9,16H,1-4H3. The first-order valence-electron chi connectivity index (χ1n) is 5.31. The van der Waals surface area contributed by atoms with Crippen LogP contribution in [0.5, 0.6) is 0 Å². The summed E-state index contributed by atoms with van der Waals surface area (Å²) >= 11 is 5.92. The van der Waals surface area contributed by atoms with Gasteiger partial charge in [-0.3, -0.25) is 0 Å². The van der Waals surface area contributed by atoms with Gasteiger partial charge in [0.2, 0.25) is 0 Å². The molecule has 3 heteroatoms. The first-order chi connectivity index (χ1) is 7.34. The first kappa shape index (κ1) is 12.9. The van der Waals surface area contributed by atoms with Crippen LogP contribution in [-0.2, 0) is 0 Å². The minimum Gasteiger partial charge on any atom is -0.381 e. The number of rotatable bonds is 2. The van der Waals surface area contributed by atoms with E-state index in [1.54, 1.807) is 18.2 Å². The molecule has 1 atom stereocenters. The van der Waals surface area contributed by atoms with E-state index in [9.17, 15) is 0 Å². The van der Waals surface area contributed by atoms with E-state index in [-0.39, 0.29) is 11.5 Å². The molecule has 0 aromatic heterocycles. The molecular weight excluding hydrogens is 220 g/mol. The maximum atomic E-state index is 8.99. The van der Waals surface area contributed by atoms with Gasteiger partial charge in [0.05, 0.1) is 11.3 Å². The minimum atomic E-state index is 0.134. The Bertz CT molecular complexity index is 413. The highest BCUT2D eigenvalue weighted by Gasteiger charge is 2.20. The predicted molar refractivity (Wildman–Crippen MR) is 68.7 cm³/mol. The Balaban J connectivity index is 2.97. The topological polar surface area (TPSA) is 35.8 Å². The minimum absolute atomic E-state index is 0.134. The lowest BCUT2D eigenvalue weighted by Gasteiger charge is -2.29. The Kier molecular flexibility index (Phi) is 3.83. The van der Waals surface area contributed by atoms with Gasteiger partial charge < -0.3 is 5.32 Å². The normalized spacial score (nSPS) is 13.0. The highest BCUT2D eigenvalue weighted by Crippen LogP contribution is 2.26. The van der Waals surface area contributed by atoms with E-state index >= 15 is 0 Å². The number of benzene rings is 1. The van der Waals surface area contributed by atoms with Gasteiger partial charge >= 0.3 is 0 Å². The van der Waals surface area contributed by atoms with Gasteiger partial charge in [-0.15, -0.1) is 0 Å². The van der Waals surface area contributed by atoms with Gasteiger partial charge in [0, 0.05) is 11.1 Å². The van der Waals surface area contributed by atoms with Crippen molar-refractivity contribution in [1.82, 2.24) is 0 Å². The maximum Gasteiger partial charge on any atom is 0.101 e. The van der Waals surface area contributed by atoms with Crippen LogP contribution in [0.15, 0.2) is 18.2 Å². The van der Waals surface area contributed by atoms with Crippen LogP contribution in [0.2, 0.25) is 5.02 Å². The van der Waals surface area contributed by atoms with Crippen LogP contribution in [-0.4, -0.2) is 6.04 Å². The van der Waals surface area contributed by atoms with Crippen LogP contribution in [0.4, 0.5) is 5.69 Å². The Morgan fingerprint density at radius 1 is 1.38 bits per heavy atom. The van der Waals surface area contributed by atoms with Crippen molar-refractivity contribution in [3.05, 3.63) is 28.8 Å². The van der Waals surface area contributed by atoms with E-state index < -0.39 is 0 Å². The van der Waals surface area contributed by atoms with Crippen molar-refractivity contribution >= 4 is 17.3 Å². The molecule has 0 radical (unpaired) electrons. The van der Waals surface area contributed by atoms with Gasteiger partial charge in [-0.05, 0) is 30.5 Å². The molecule has 0 saturated carbocycles. The molecule has 0 bridgehead atoms. The summed E-state index contributed by atoms with van der Waals surface area (Å²) in [5, 5.41) is 13.0. The molecule has 1 unspecified atom stereocenters. The monoisotopic (exact) mass is 236 g/mol. The van der Waals surface area contributed by atoms with Crippen molar-refractivity contribution < 1.29 is 0 Å². The molecule has 0 aliphatic carbocycles. The average molecular weight is 237 g/mol. The summed E-state index contributed by atoms with van der Waals surface area (Å²) in [5.41, 5.74) is 1.56. The highest BCUT2D eigenvalue weighted by molar-refractivity contribution is 6.30. The lowest BCUT2D eigenvalue weighted by Crippen LogP contribution is -2.31. The van der Waals surface area contributed by atoms with E-state index in [0.717, 1.165) is 5.69 Å². The van der Waals surface area contributed by atoms with Crippen molar-refractivity contribution in [2.75, 3.05) is 5.32 Å². The molecule has 0 amide bonds. The number of anilines is 1. The van der Waals surface area contributed by atoms with Crippen LogP contribution in [0, 0.1) is 16.7 Å². The number of nitriles is 1. The molecule has 1 aromatic carbocycles. The molecule has 1 rings (SSSR count). The zero-order valence-electron chi connectivity index (χ0n) is 10.1. The number of nitrogens with zero attached hydrogens (tertiary/aromatic N) is 1. The SMILES string of the molecule is CC(Nc1cc(Cl)ccc1C#N)C(C)(C)C. The van der Waals surface area contributed by atoms with Crippen LogP contribution >= 0.6 is 11.6 Å². The third-order valence-corrected chi connectivity index (χ3v) is 3.01. The molecule has 1 N–H and O–H groups in total. The molecule has 1 aromatic rings. The predicted octanol–water partition coefficient (Wildman–Crippen LogP) is 4.06. The van der Waals surface area contributed by atoms with Gasteiger partial charge in [-0.25, -0.2) is 0 Å². The largest absolute Gasteiger partial charge is 0.381 e. The second-order valence-corrected chi connectivity index (χ2v) is 5.47. The van der Waals surface area contributed by atoms with Crippen molar-refractivity contribution in [2.45, 2.75) is 33.7 Å². The fourth-order valence-corrected chi connectivity index (χ4v) is 1.36. The van der Waals surface area contributed by atoms with E-state index in [1.807, 2.05) is 0 Å². The van der Waals surface area contributed by atoms with E-state index in [4.69, 9.17) is 16.9 Å².